The van der Waals surface area contributed by atoms with Gasteiger partial charge >= 0.3 is 6.09 Å². The van der Waals surface area contributed by atoms with Crippen LogP contribution in [-0.2, 0) is 15.9 Å². The van der Waals surface area contributed by atoms with Crippen LogP contribution < -0.4 is 5.32 Å². The summed E-state index contributed by atoms with van der Waals surface area (Å²) in [5, 5.41) is 13.3. The fourth-order valence-corrected chi connectivity index (χ4v) is 2.28. The molecule has 1 saturated heterocycles. The van der Waals surface area contributed by atoms with Gasteiger partial charge in [-0.3, -0.25) is 0 Å². The van der Waals surface area contributed by atoms with E-state index < -0.39 is 29.4 Å². The van der Waals surface area contributed by atoms with Crippen molar-refractivity contribution < 1.29 is 19.4 Å². The second-order valence-electron chi connectivity index (χ2n) is 6.99. The highest BCUT2D eigenvalue weighted by Gasteiger charge is 2.50. The van der Waals surface area contributed by atoms with E-state index in [9.17, 15) is 9.90 Å². The number of carbonyl (C=O) groups excluding carboxylic acids is 1. The van der Waals surface area contributed by atoms with E-state index in [1.165, 1.54) is 0 Å². The van der Waals surface area contributed by atoms with Crippen LogP contribution in [0.15, 0.2) is 30.3 Å². The van der Waals surface area contributed by atoms with Gasteiger partial charge in [-0.05, 0) is 39.7 Å². The van der Waals surface area contributed by atoms with Crippen molar-refractivity contribution in [2.75, 3.05) is 6.61 Å². The lowest BCUT2D eigenvalue weighted by Crippen LogP contribution is -2.51. The first-order valence-electron chi connectivity index (χ1n) is 7.55. The topological polar surface area (TPSA) is 71.1 Å². The number of epoxide rings is 1. The van der Waals surface area contributed by atoms with Crippen molar-refractivity contribution in [2.45, 2.75) is 57.5 Å². The van der Waals surface area contributed by atoms with E-state index in [1.54, 1.807) is 20.8 Å². The summed E-state index contributed by atoms with van der Waals surface area (Å²) in [7, 11) is 0. The largest absolute Gasteiger partial charge is 0.444 e. The molecular formula is C17H25NO4. The number of aliphatic hydroxyl groups excluding tert-OH is 1. The predicted molar refractivity (Wildman–Crippen MR) is 83.7 cm³/mol. The van der Waals surface area contributed by atoms with Gasteiger partial charge in [0.25, 0.3) is 0 Å². The number of aliphatic hydroxyl groups is 1. The third-order valence-corrected chi connectivity index (χ3v) is 3.61. The lowest BCUT2D eigenvalue weighted by molar-refractivity contribution is 0.0268. The molecule has 1 heterocycles. The van der Waals surface area contributed by atoms with Crippen LogP contribution in [0.5, 0.6) is 0 Å². The molecule has 1 aromatic rings. The van der Waals surface area contributed by atoms with Crippen molar-refractivity contribution in [3.63, 3.8) is 0 Å². The molecule has 0 bridgehead atoms. The number of alkyl carbamates (subject to hydrolysis) is 1. The average Bonchev–Trinajstić information content (AvgIpc) is 3.15. The minimum absolute atomic E-state index is 0.468. The van der Waals surface area contributed by atoms with Gasteiger partial charge in [0, 0.05) is 0 Å². The molecule has 0 spiro atoms. The Morgan fingerprint density at radius 1 is 1.41 bits per heavy atom. The van der Waals surface area contributed by atoms with Gasteiger partial charge in [0.2, 0.25) is 0 Å². The van der Waals surface area contributed by atoms with E-state index in [4.69, 9.17) is 9.47 Å². The summed E-state index contributed by atoms with van der Waals surface area (Å²) >= 11 is 0. The summed E-state index contributed by atoms with van der Waals surface area (Å²) in [5.74, 6) is 0. The molecule has 0 radical (unpaired) electrons. The molecule has 5 heteroatoms. The van der Waals surface area contributed by atoms with Crippen molar-refractivity contribution in [2.24, 2.45) is 0 Å². The maximum atomic E-state index is 12.0. The normalized spacial score (nSPS) is 23.5. The van der Waals surface area contributed by atoms with Gasteiger partial charge in [0.15, 0.2) is 0 Å². The zero-order valence-corrected chi connectivity index (χ0v) is 13.6. The van der Waals surface area contributed by atoms with Crippen LogP contribution in [-0.4, -0.2) is 41.2 Å². The molecular weight excluding hydrogens is 282 g/mol. The van der Waals surface area contributed by atoms with Crippen LogP contribution in [0.4, 0.5) is 4.79 Å². The summed E-state index contributed by atoms with van der Waals surface area (Å²) in [6, 6.07) is 9.26. The number of hydrogen-bond donors (Lipinski definition) is 2. The van der Waals surface area contributed by atoms with Gasteiger partial charge in [0.1, 0.15) is 17.3 Å². The van der Waals surface area contributed by atoms with E-state index >= 15 is 0 Å². The van der Waals surface area contributed by atoms with Crippen LogP contribution in [0.25, 0.3) is 0 Å². The second kappa shape index (κ2) is 6.26. The summed E-state index contributed by atoms with van der Waals surface area (Å²) in [6.45, 7) is 7.75. The molecule has 0 aliphatic carbocycles. The van der Waals surface area contributed by atoms with Gasteiger partial charge in [-0.1, -0.05) is 30.3 Å². The molecule has 1 aliphatic heterocycles. The molecule has 22 heavy (non-hydrogen) atoms. The highest BCUT2D eigenvalue weighted by molar-refractivity contribution is 5.68. The monoisotopic (exact) mass is 307 g/mol. The summed E-state index contributed by atoms with van der Waals surface area (Å²) in [5.41, 5.74) is -0.132. The molecule has 122 valence electrons. The Labute approximate surface area is 131 Å². The maximum Gasteiger partial charge on any atom is 0.407 e. The fraction of sp³-hybridized carbons (Fsp3) is 0.588. The minimum Gasteiger partial charge on any atom is -0.444 e. The molecule has 1 amide bonds. The average molecular weight is 307 g/mol. The van der Waals surface area contributed by atoms with Crippen molar-refractivity contribution >= 4 is 6.09 Å². The Morgan fingerprint density at radius 3 is 2.50 bits per heavy atom. The van der Waals surface area contributed by atoms with Crippen LogP contribution in [0, 0.1) is 0 Å². The fourth-order valence-electron chi connectivity index (χ4n) is 2.28. The van der Waals surface area contributed by atoms with Crippen LogP contribution in [0.2, 0.25) is 0 Å². The minimum atomic E-state index is -0.791. The van der Waals surface area contributed by atoms with Crippen molar-refractivity contribution in [3.8, 4) is 0 Å². The quantitative estimate of drug-likeness (QED) is 0.819. The van der Waals surface area contributed by atoms with Crippen LogP contribution in [0.3, 0.4) is 0 Å². The molecule has 5 nitrogen and oxygen atoms in total. The van der Waals surface area contributed by atoms with E-state index in [0.29, 0.717) is 13.0 Å². The SMILES string of the molecule is CC(C)(C)OC(=O)N[C@@H](Cc1ccccc1)C(O)[C@@]1(C)CO1. The Kier molecular flexibility index (Phi) is 4.78. The Hall–Kier alpha value is -1.59. The third kappa shape index (κ3) is 4.71. The Morgan fingerprint density at radius 2 is 2.00 bits per heavy atom. The first-order chi connectivity index (χ1) is 10.2. The molecule has 3 atom stereocenters. The summed E-state index contributed by atoms with van der Waals surface area (Å²) in [6.07, 6.45) is -0.808. The summed E-state index contributed by atoms with van der Waals surface area (Å²) < 4.78 is 10.6. The molecule has 1 fully saturated rings. The molecule has 1 aliphatic rings. The van der Waals surface area contributed by atoms with Crippen molar-refractivity contribution in [1.82, 2.24) is 5.32 Å². The second-order valence-corrected chi connectivity index (χ2v) is 6.99. The van der Waals surface area contributed by atoms with Crippen LogP contribution in [0.1, 0.15) is 33.3 Å². The van der Waals surface area contributed by atoms with Gasteiger partial charge < -0.3 is 19.9 Å². The zero-order valence-electron chi connectivity index (χ0n) is 13.6. The van der Waals surface area contributed by atoms with Gasteiger partial charge in [0.05, 0.1) is 12.6 Å². The number of ether oxygens (including phenoxy) is 2. The molecule has 0 saturated carbocycles. The molecule has 2 rings (SSSR count). The first kappa shape index (κ1) is 16.8. The number of amides is 1. The third-order valence-electron chi connectivity index (χ3n) is 3.61. The van der Waals surface area contributed by atoms with Crippen molar-refractivity contribution in [3.05, 3.63) is 35.9 Å². The van der Waals surface area contributed by atoms with Gasteiger partial charge in [-0.25, -0.2) is 4.79 Å². The number of rotatable bonds is 5. The Balaban J connectivity index is 2.06. The molecule has 1 aromatic carbocycles. The smallest absolute Gasteiger partial charge is 0.407 e. The number of benzene rings is 1. The molecule has 2 N–H and O–H groups in total. The highest BCUT2D eigenvalue weighted by atomic mass is 16.6. The number of hydrogen-bond acceptors (Lipinski definition) is 4. The lowest BCUT2D eigenvalue weighted by Gasteiger charge is -2.28. The molecule has 1 unspecified atom stereocenters. The van der Waals surface area contributed by atoms with E-state index in [2.05, 4.69) is 5.32 Å². The summed E-state index contributed by atoms with van der Waals surface area (Å²) in [4.78, 5) is 12.0. The van der Waals surface area contributed by atoms with Gasteiger partial charge in [-0.2, -0.15) is 0 Å². The van der Waals surface area contributed by atoms with Gasteiger partial charge in [-0.15, -0.1) is 0 Å². The standard InChI is InChI=1S/C17H25NO4/c1-16(2,3)22-15(20)18-13(14(19)17(4)11-21-17)10-12-8-6-5-7-9-12/h5-9,13-14,19H,10-11H2,1-4H3,(H,18,20)/t13-,14?,17+/m0/s1. The predicted octanol–water partition coefficient (Wildman–Crippen LogP) is 2.27. The first-order valence-corrected chi connectivity index (χ1v) is 7.55. The van der Waals surface area contributed by atoms with E-state index in [1.807, 2.05) is 37.3 Å². The molecule has 0 aromatic heterocycles. The van der Waals surface area contributed by atoms with E-state index in [-0.39, 0.29) is 0 Å². The maximum absolute atomic E-state index is 12.0. The Bertz CT molecular complexity index is 505. The highest BCUT2D eigenvalue weighted by Crippen LogP contribution is 2.32. The zero-order chi connectivity index (χ0) is 16.4. The number of nitrogens with one attached hydrogen (secondary N) is 1. The van der Waals surface area contributed by atoms with E-state index in [0.717, 1.165) is 5.56 Å². The van der Waals surface area contributed by atoms with Crippen molar-refractivity contribution in [1.29, 1.82) is 0 Å². The van der Waals surface area contributed by atoms with Crippen LogP contribution >= 0.6 is 0 Å². The lowest BCUT2D eigenvalue weighted by atomic mass is 9.93. The number of carbonyl (C=O) groups is 1.